The Kier molecular flexibility index (Phi) is 4.89. The molecule has 22 heavy (non-hydrogen) atoms. The molecule has 0 saturated heterocycles. The number of carbonyl (C=O) groups is 2. The molecule has 1 aromatic heterocycles. The summed E-state index contributed by atoms with van der Waals surface area (Å²) in [4.78, 5) is 26.5. The fraction of sp³-hybridized carbons (Fsp3) is 0.118. The summed E-state index contributed by atoms with van der Waals surface area (Å²) in [5, 5.41) is 0. The van der Waals surface area contributed by atoms with Crippen molar-refractivity contribution in [3.05, 3.63) is 65.0 Å². The molecule has 0 aliphatic heterocycles. The van der Waals surface area contributed by atoms with E-state index in [1.807, 2.05) is 0 Å². The van der Waals surface area contributed by atoms with Crippen LogP contribution < -0.4 is 0 Å². The van der Waals surface area contributed by atoms with E-state index in [-0.39, 0.29) is 11.7 Å². The normalized spacial score (nSPS) is 9.36. The van der Waals surface area contributed by atoms with Crippen LogP contribution in [0.4, 0.5) is 0 Å². The van der Waals surface area contributed by atoms with Crippen LogP contribution in [0.5, 0.6) is 0 Å². The highest BCUT2D eigenvalue weighted by Crippen LogP contribution is 2.05. The van der Waals surface area contributed by atoms with Crippen molar-refractivity contribution in [1.82, 2.24) is 4.98 Å². The maximum atomic E-state index is 11.3. The summed E-state index contributed by atoms with van der Waals surface area (Å²) in [5.41, 5.74) is 2.13. The average molecular weight is 295 g/mol. The molecular weight excluding hydrogens is 282 g/mol. The van der Waals surface area contributed by atoms with E-state index in [4.69, 9.17) is 0 Å². The minimum absolute atomic E-state index is 0.232. The SMILES string of the molecule is COC(=O)c1ccc(C#Cc2ccc(C(=O)OC)nc2)cc1. The van der Waals surface area contributed by atoms with Gasteiger partial charge < -0.3 is 9.47 Å². The Morgan fingerprint density at radius 3 is 2.00 bits per heavy atom. The van der Waals surface area contributed by atoms with Crippen LogP contribution in [0, 0.1) is 11.8 Å². The molecule has 0 aliphatic rings. The van der Waals surface area contributed by atoms with Crippen LogP contribution in [0.1, 0.15) is 32.0 Å². The second-order valence-corrected chi connectivity index (χ2v) is 4.24. The second-order valence-electron chi connectivity index (χ2n) is 4.24. The fourth-order valence-corrected chi connectivity index (χ4v) is 1.64. The van der Waals surface area contributed by atoms with Crippen LogP contribution in [0.15, 0.2) is 42.6 Å². The summed E-state index contributed by atoms with van der Waals surface area (Å²) in [6.45, 7) is 0. The van der Waals surface area contributed by atoms with Gasteiger partial charge >= 0.3 is 11.9 Å². The molecule has 0 unspecified atom stereocenters. The second kappa shape index (κ2) is 7.04. The minimum Gasteiger partial charge on any atom is -0.465 e. The molecule has 5 heteroatoms. The lowest BCUT2D eigenvalue weighted by Gasteiger charge is -1.98. The van der Waals surface area contributed by atoms with Gasteiger partial charge in [-0.25, -0.2) is 14.6 Å². The van der Waals surface area contributed by atoms with E-state index in [2.05, 4.69) is 26.3 Å². The third kappa shape index (κ3) is 3.70. The third-order valence-corrected chi connectivity index (χ3v) is 2.82. The van der Waals surface area contributed by atoms with Crippen molar-refractivity contribution in [3.8, 4) is 11.8 Å². The quantitative estimate of drug-likeness (QED) is 0.626. The van der Waals surface area contributed by atoms with Gasteiger partial charge in [-0.2, -0.15) is 0 Å². The number of ether oxygens (including phenoxy) is 2. The molecule has 110 valence electrons. The largest absolute Gasteiger partial charge is 0.465 e. The van der Waals surface area contributed by atoms with Crippen molar-refractivity contribution in [2.45, 2.75) is 0 Å². The molecule has 0 bridgehead atoms. The molecule has 0 spiro atoms. The van der Waals surface area contributed by atoms with Crippen LogP contribution in [-0.4, -0.2) is 31.1 Å². The lowest BCUT2D eigenvalue weighted by molar-refractivity contribution is 0.0588. The molecule has 2 rings (SSSR count). The maximum absolute atomic E-state index is 11.3. The zero-order valence-corrected chi connectivity index (χ0v) is 12.1. The van der Waals surface area contributed by atoms with E-state index >= 15 is 0 Å². The third-order valence-electron chi connectivity index (χ3n) is 2.82. The van der Waals surface area contributed by atoms with Crippen LogP contribution in [0.2, 0.25) is 0 Å². The van der Waals surface area contributed by atoms with Gasteiger partial charge in [0.2, 0.25) is 0 Å². The summed E-state index contributed by atoms with van der Waals surface area (Å²) < 4.78 is 9.19. The van der Waals surface area contributed by atoms with Crippen molar-refractivity contribution in [1.29, 1.82) is 0 Å². The number of benzene rings is 1. The first-order chi connectivity index (χ1) is 10.6. The van der Waals surface area contributed by atoms with Crippen molar-refractivity contribution in [3.63, 3.8) is 0 Å². The molecule has 2 aromatic rings. The monoisotopic (exact) mass is 295 g/mol. The lowest BCUT2D eigenvalue weighted by atomic mass is 10.1. The van der Waals surface area contributed by atoms with Gasteiger partial charge in [0, 0.05) is 17.3 Å². The topological polar surface area (TPSA) is 65.5 Å². The number of hydrogen-bond donors (Lipinski definition) is 0. The van der Waals surface area contributed by atoms with Gasteiger partial charge in [-0.15, -0.1) is 0 Å². The van der Waals surface area contributed by atoms with Crippen molar-refractivity contribution < 1.29 is 19.1 Å². The van der Waals surface area contributed by atoms with Crippen molar-refractivity contribution in [2.75, 3.05) is 14.2 Å². The summed E-state index contributed by atoms with van der Waals surface area (Å²) in [5.74, 6) is 5.00. The molecule has 1 heterocycles. The van der Waals surface area contributed by atoms with E-state index in [1.165, 1.54) is 20.4 Å². The number of pyridine rings is 1. The Hall–Kier alpha value is -3.13. The molecule has 1 aromatic carbocycles. The summed E-state index contributed by atoms with van der Waals surface area (Å²) in [6, 6.07) is 10.00. The highest BCUT2D eigenvalue weighted by Gasteiger charge is 2.05. The Bertz CT molecular complexity index is 673. The Morgan fingerprint density at radius 1 is 0.864 bits per heavy atom. The minimum atomic E-state index is -0.488. The van der Waals surface area contributed by atoms with E-state index in [1.54, 1.807) is 36.4 Å². The first-order valence-corrected chi connectivity index (χ1v) is 6.39. The molecule has 0 atom stereocenters. The lowest BCUT2D eigenvalue weighted by Crippen LogP contribution is -2.03. The maximum Gasteiger partial charge on any atom is 0.356 e. The van der Waals surface area contributed by atoms with Crippen LogP contribution in [-0.2, 0) is 9.47 Å². The molecular formula is C17H13NO4. The fourth-order valence-electron chi connectivity index (χ4n) is 1.64. The summed E-state index contributed by atoms with van der Waals surface area (Å²) in [7, 11) is 2.64. The van der Waals surface area contributed by atoms with Gasteiger partial charge in [0.15, 0.2) is 0 Å². The molecule has 0 saturated carbocycles. The Balaban J connectivity index is 2.13. The number of methoxy groups -OCH3 is 2. The smallest absolute Gasteiger partial charge is 0.356 e. The van der Waals surface area contributed by atoms with Gasteiger partial charge in [-0.05, 0) is 36.4 Å². The van der Waals surface area contributed by atoms with E-state index in [0.717, 1.165) is 5.56 Å². The number of aromatic nitrogens is 1. The molecule has 0 aliphatic carbocycles. The van der Waals surface area contributed by atoms with Gasteiger partial charge in [0.1, 0.15) is 5.69 Å². The number of esters is 2. The van der Waals surface area contributed by atoms with E-state index in [0.29, 0.717) is 11.1 Å². The van der Waals surface area contributed by atoms with E-state index < -0.39 is 5.97 Å². The highest BCUT2D eigenvalue weighted by molar-refractivity contribution is 5.89. The highest BCUT2D eigenvalue weighted by atomic mass is 16.5. The molecule has 0 amide bonds. The number of nitrogens with zero attached hydrogens (tertiary/aromatic N) is 1. The Labute approximate surface area is 127 Å². The van der Waals surface area contributed by atoms with E-state index in [9.17, 15) is 9.59 Å². The van der Waals surface area contributed by atoms with Gasteiger partial charge in [-0.3, -0.25) is 0 Å². The first-order valence-electron chi connectivity index (χ1n) is 6.39. The average Bonchev–Trinajstić information content (AvgIpc) is 2.59. The van der Waals surface area contributed by atoms with Gasteiger partial charge in [-0.1, -0.05) is 11.8 Å². The predicted molar refractivity (Wildman–Crippen MR) is 79.3 cm³/mol. The number of hydrogen-bond acceptors (Lipinski definition) is 5. The van der Waals surface area contributed by atoms with Crippen LogP contribution >= 0.6 is 0 Å². The molecule has 0 radical (unpaired) electrons. The predicted octanol–water partition coefficient (Wildman–Crippen LogP) is 2.05. The molecule has 0 fully saturated rings. The number of rotatable bonds is 2. The zero-order valence-electron chi connectivity index (χ0n) is 12.1. The summed E-state index contributed by atoms with van der Waals surface area (Å²) in [6.07, 6.45) is 1.50. The molecule has 0 N–H and O–H groups in total. The van der Waals surface area contributed by atoms with Crippen molar-refractivity contribution >= 4 is 11.9 Å². The Morgan fingerprint density at radius 2 is 1.45 bits per heavy atom. The molecule has 5 nitrogen and oxygen atoms in total. The van der Waals surface area contributed by atoms with Crippen molar-refractivity contribution in [2.24, 2.45) is 0 Å². The van der Waals surface area contributed by atoms with Gasteiger partial charge in [0.05, 0.1) is 19.8 Å². The van der Waals surface area contributed by atoms with Gasteiger partial charge in [0.25, 0.3) is 0 Å². The standard InChI is InChI=1S/C17H13NO4/c1-21-16(19)14-8-5-12(6-9-14)3-4-13-7-10-15(18-11-13)17(20)22-2/h5-11H,1-2H3. The number of carbonyl (C=O) groups excluding carboxylic acids is 2. The summed E-state index contributed by atoms with van der Waals surface area (Å²) >= 11 is 0. The first kappa shape index (κ1) is 15.3. The van der Waals surface area contributed by atoms with Crippen LogP contribution in [0.3, 0.4) is 0 Å². The zero-order chi connectivity index (χ0) is 15.9. The van der Waals surface area contributed by atoms with Crippen LogP contribution in [0.25, 0.3) is 0 Å².